The zero-order chi connectivity index (χ0) is 11.5. The fourth-order valence-electron chi connectivity index (χ4n) is 1.66. The highest BCUT2D eigenvalue weighted by Crippen LogP contribution is 2.23. The lowest BCUT2D eigenvalue weighted by Crippen LogP contribution is -2.01. The first-order valence-corrected chi connectivity index (χ1v) is 5.92. The molecule has 16 heavy (non-hydrogen) atoms. The van der Waals surface area contributed by atoms with Crippen LogP contribution in [0.3, 0.4) is 0 Å². The molecule has 0 fully saturated rings. The molecule has 1 aromatic heterocycles. The van der Waals surface area contributed by atoms with Crippen molar-refractivity contribution in [2.24, 2.45) is 0 Å². The molecule has 3 heteroatoms. The smallest absolute Gasteiger partial charge is 0.135 e. The van der Waals surface area contributed by atoms with Crippen molar-refractivity contribution >= 4 is 15.9 Å². The van der Waals surface area contributed by atoms with Crippen LogP contribution >= 0.6 is 15.9 Å². The molecule has 1 N–H and O–H groups in total. The summed E-state index contributed by atoms with van der Waals surface area (Å²) < 4.78 is 6.30. The van der Waals surface area contributed by atoms with Crippen LogP contribution in [0.25, 0.3) is 0 Å². The SMILES string of the molecule is Cc1ccoc1C(O)Cc1ccc(Br)cc1. The Kier molecular flexibility index (Phi) is 3.46. The Morgan fingerprint density at radius 3 is 2.50 bits per heavy atom. The van der Waals surface area contributed by atoms with Crippen LogP contribution in [0.4, 0.5) is 0 Å². The second kappa shape index (κ2) is 4.85. The van der Waals surface area contributed by atoms with E-state index in [-0.39, 0.29) is 0 Å². The Morgan fingerprint density at radius 1 is 1.25 bits per heavy atom. The van der Waals surface area contributed by atoms with Crippen LogP contribution in [-0.4, -0.2) is 5.11 Å². The average molecular weight is 281 g/mol. The number of hydrogen-bond donors (Lipinski definition) is 1. The molecule has 0 radical (unpaired) electrons. The highest BCUT2D eigenvalue weighted by molar-refractivity contribution is 9.10. The monoisotopic (exact) mass is 280 g/mol. The van der Waals surface area contributed by atoms with Gasteiger partial charge in [-0.05, 0) is 36.2 Å². The van der Waals surface area contributed by atoms with E-state index < -0.39 is 6.10 Å². The highest BCUT2D eigenvalue weighted by Gasteiger charge is 2.14. The minimum absolute atomic E-state index is 0.571. The van der Waals surface area contributed by atoms with Crippen LogP contribution in [0, 0.1) is 6.92 Å². The maximum absolute atomic E-state index is 10.0. The summed E-state index contributed by atoms with van der Waals surface area (Å²) in [7, 11) is 0. The number of halogens is 1. The van der Waals surface area contributed by atoms with E-state index in [1.165, 1.54) is 0 Å². The number of aryl methyl sites for hydroxylation is 1. The third kappa shape index (κ3) is 2.54. The molecule has 0 aliphatic heterocycles. The van der Waals surface area contributed by atoms with Crippen molar-refractivity contribution in [3.05, 3.63) is 58.0 Å². The molecule has 0 aliphatic carbocycles. The Balaban J connectivity index is 2.10. The van der Waals surface area contributed by atoms with Crippen LogP contribution in [0.1, 0.15) is 23.0 Å². The molecule has 0 saturated carbocycles. The molecule has 84 valence electrons. The Labute approximate surface area is 103 Å². The van der Waals surface area contributed by atoms with Gasteiger partial charge in [-0.3, -0.25) is 0 Å². The van der Waals surface area contributed by atoms with Crippen LogP contribution in [-0.2, 0) is 6.42 Å². The molecule has 1 unspecified atom stereocenters. The molecule has 0 bridgehead atoms. The summed E-state index contributed by atoms with van der Waals surface area (Å²) in [6.45, 7) is 1.93. The van der Waals surface area contributed by atoms with Crippen LogP contribution < -0.4 is 0 Å². The van der Waals surface area contributed by atoms with Gasteiger partial charge in [-0.25, -0.2) is 0 Å². The van der Waals surface area contributed by atoms with Gasteiger partial charge in [-0.15, -0.1) is 0 Å². The van der Waals surface area contributed by atoms with Crippen molar-refractivity contribution < 1.29 is 9.52 Å². The molecule has 0 amide bonds. The minimum atomic E-state index is -0.573. The van der Waals surface area contributed by atoms with Crippen molar-refractivity contribution in [2.75, 3.05) is 0 Å². The van der Waals surface area contributed by atoms with Crippen molar-refractivity contribution in [2.45, 2.75) is 19.4 Å². The first-order valence-electron chi connectivity index (χ1n) is 5.13. The summed E-state index contributed by atoms with van der Waals surface area (Å²) >= 11 is 3.38. The molecule has 0 saturated heterocycles. The first-order chi connectivity index (χ1) is 7.66. The highest BCUT2D eigenvalue weighted by atomic mass is 79.9. The maximum Gasteiger partial charge on any atom is 0.135 e. The van der Waals surface area contributed by atoms with E-state index in [9.17, 15) is 5.11 Å². The van der Waals surface area contributed by atoms with Gasteiger partial charge in [-0.1, -0.05) is 28.1 Å². The number of aliphatic hydroxyl groups excluding tert-OH is 1. The predicted molar refractivity (Wildman–Crippen MR) is 66.3 cm³/mol. The summed E-state index contributed by atoms with van der Waals surface area (Å²) in [5, 5.41) is 10.0. The summed E-state index contributed by atoms with van der Waals surface area (Å²) in [4.78, 5) is 0. The maximum atomic E-state index is 10.0. The summed E-state index contributed by atoms with van der Waals surface area (Å²) in [5.41, 5.74) is 2.08. The van der Waals surface area contributed by atoms with Crippen LogP contribution in [0.2, 0.25) is 0 Å². The first kappa shape index (κ1) is 11.4. The minimum Gasteiger partial charge on any atom is -0.466 e. The molecule has 0 aliphatic rings. The third-order valence-electron chi connectivity index (χ3n) is 2.55. The van der Waals surface area contributed by atoms with E-state index in [2.05, 4.69) is 15.9 Å². The van der Waals surface area contributed by atoms with E-state index in [0.717, 1.165) is 15.6 Å². The van der Waals surface area contributed by atoms with Crippen molar-refractivity contribution in [3.8, 4) is 0 Å². The predicted octanol–water partition coefficient (Wildman–Crippen LogP) is 3.63. The zero-order valence-corrected chi connectivity index (χ0v) is 10.6. The molecule has 2 rings (SSSR count). The van der Waals surface area contributed by atoms with Gasteiger partial charge in [0.15, 0.2) is 0 Å². The van der Waals surface area contributed by atoms with Gasteiger partial charge in [0.2, 0.25) is 0 Å². The average Bonchev–Trinajstić information content (AvgIpc) is 2.68. The van der Waals surface area contributed by atoms with E-state index in [0.29, 0.717) is 12.2 Å². The van der Waals surface area contributed by atoms with Gasteiger partial charge < -0.3 is 9.52 Å². The van der Waals surface area contributed by atoms with Crippen molar-refractivity contribution in [1.82, 2.24) is 0 Å². The van der Waals surface area contributed by atoms with E-state index in [4.69, 9.17) is 4.42 Å². The Morgan fingerprint density at radius 2 is 1.94 bits per heavy atom. The molecular formula is C13H13BrO2. The van der Waals surface area contributed by atoms with E-state index in [1.54, 1.807) is 6.26 Å². The largest absolute Gasteiger partial charge is 0.466 e. The molecule has 1 aromatic carbocycles. The Hall–Kier alpha value is -1.06. The summed E-state index contributed by atoms with van der Waals surface area (Å²) in [6.07, 6.45) is 1.60. The lowest BCUT2D eigenvalue weighted by molar-refractivity contribution is 0.149. The molecule has 2 aromatic rings. The quantitative estimate of drug-likeness (QED) is 0.932. The summed E-state index contributed by atoms with van der Waals surface area (Å²) in [5.74, 6) is 0.655. The van der Waals surface area contributed by atoms with Crippen LogP contribution in [0.5, 0.6) is 0 Å². The summed E-state index contributed by atoms with van der Waals surface area (Å²) in [6, 6.07) is 9.78. The van der Waals surface area contributed by atoms with Gasteiger partial charge in [0.25, 0.3) is 0 Å². The molecule has 0 spiro atoms. The zero-order valence-electron chi connectivity index (χ0n) is 8.98. The second-order valence-corrected chi connectivity index (χ2v) is 4.73. The lowest BCUT2D eigenvalue weighted by atomic mass is 10.0. The standard InChI is InChI=1S/C13H13BrO2/c1-9-6-7-16-13(9)12(15)8-10-2-4-11(14)5-3-10/h2-7,12,15H,8H2,1H3. The number of furan rings is 1. The normalized spacial score (nSPS) is 12.7. The Bertz CT molecular complexity index is 459. The second-order valence-electron chi connectivity index (χ2n) is 3.81. The van der Waals surface area contributed by atoms with Gasteiger partial charge in [0.1, 0.15) is 11.9 Å². The molecule has 1 heterocycles. The van der Waals surface area contributed by atoms with E-state index in [1.807, 2.05) is 37.3 Å². The number of hydrogen-bond acceptors (Lipinski definition) is 2. The molecular weight excluding hydrogens is 268 g/mol. The molecule has 1 atom stereocenters. The fraction of sp³-hybridized carbons (Fsp3) is 0.231. The topological polar surface area (TPSA) is 33.4 Å². The van der Waals surface area contributed by atoms with E-state index >= 15 is 0 Å². The van der Waals surface area contributed by atoms with Gasteiger partial charge in [0.05, 0.1) is 6.26 Å². The van der Waals surface area contributed by atoms with Gasteiger partial charge in [0, 0.05) is 10.9 Å². The number of aliphatic hydroxyl groups is 1. The lowest BCUT2D eigenvalue weighted by Gasteiger charge is -2.09. The fourth-order valence-corrected chi connectivity index (χ4v) is 1.93. The van der Waals surface area contributed by atoms with Crippen molar-refractivity contribution in [1.29, 1.82) is 0 Å². The van der Waals surface area contributed by atoms with Crippen molar-refractivity contribution in [3.63, 3.8) is 0 Å². The van der Waals surface area contributed by atoms with Gasteiger partial charge >= 0.3 is 0 Å². The van der Waals surface area contributed by atoms with Gasteiger partial charge in [-0.2, -0.15) is 0 Å². The third-order valence-corrected chi connectivity index (χ3v) is 3.08. The number of benzene rings is 1. The number of rotatable bonds is 3. The molecule has 2 nitrogen and oxygen atoms in total. The van der Waals surface area contributed by atoms with Crippen LogP contribution in [0.15, 0.2) is 45.5 Å².